The molecule has 1 aromatic rings. The van der Waals surface area contributed by atoms with Crippen LogP contribution in [-0.2, 0) is 9.59 Å². The van der Waals surface area contributed by atoms with Gasteiger partial charge in [0.1, 0.15) is 0 Å². The predicted molar refractivity (Wildman–Crippen MR) is 107 cm³/mol. The first kappa shape index (κ1) is 19.4. The Morgan fingerprint density at radius 2 is 1.70 bits per heavy atom. The Bertz CT molecular complexity index is 768. The van der Waals surface area contributed by atoms with Crippen molar-refractivity contribution in [2.75, 3.05) is 0 Å². The fraction of sp³-hybridized carbons (Fsp3) is 0.478. The van der Waals surface area contributed by atoms with E-state index in [1.54, 1.807) is 4.90 Å². The average molecular weight is 367 g/mol. The number of aliphatic carboxylic acids is 1. The number of carbonyl (C=O) groups is 2. The summed E-state index contributed by atoms with van der Waals surface area (Å²) in [6.45, 7) is 6.16. The maximum atomic E-state index is 13.3. The van der Waals surface area contributed by atoms with E-state index >= 15 is 0 Å². The first-order valence-electron chi connectivity index (χ1n) is 9.94. The van der Waals surface area contributed by atoms with Crippen LogP contribution in [0.25, 0.3) is 5.57 Å². The molecule has 1 saturated carbocycles. The molecule has 0 radical (unpaired) electrons. The summed E-state index contributed by atoms with van der Waals surface area (Å²) in [6.07, 6.45) is 6.19. The molecular formula is C23H29NO3. The summed E-state index contributed by atoms with van der Waals surface area (Å²) < 4.78 is 0. The van der Waals surface area contributed by atoms with E-state index in [-0.39, 0.29) is 17.9 Å². The second-order valence-electron chi connectivity index (χ2n) is 8.14. The largest absolute Gasteiger partial charge is 0.478 e. The Kier molecular flexibility index (Phi) is 5.83. The van der Waals surface area contributed by atoms with Crippen molar-refractivity contribution in [2.24, 2.45) is 11.8 Å². The highest BCUT2D eigenvalue weighted by molar-refractivity contribution is 5.96. The SMILES string of the molecule is CC1CCC(C(=O)N(C2=C(C(=O)O)CC(c3ccccc3)=C2)C(C)C)CC1. The maximum absolute atomic E-state index is 13.3. The van der Waals surface area contributed by atoms with Crippen molar-refractivity contribution < 1.29 is 14.7 Å². The predicted octanol–water partition coefficient (Wildman–Crippen LogP) is 4.88. The molecule has 1 amide bonds. The Morgan fingerprint density at radius 1 is 1.07 bits per heavy atom. The van der Waals surface area contributed by atoms with Crippen LogP contribution in [-0.4, -0.2) is 27.9 Å². The van der Waals surface area contributed by atoms with E-state index in [1.807, 2.05) is 50.3 Å². The maximum Gasteiger partial charge on any atom is 0.334 e. The lowest BCUT2D eigenvalue weighted by molar-refractivity contribution is -0.136. The molecule has 0 bridgehead atoms. The Balaban J connectivity index is 1.93. The second-order valence-corrected chi connectivity index (χ2v) is 8.14. The van der Waals surface area contributed by atoms with E-state index in [2.05, 4.69) is 6.92 Å². The van der Waals surface area contributed by atoms with Crippen molar-refractivity contribution in [3.8, 4) is 0 Å². The number of hydrogen-bond donors (Lipinski definition) is 1. The molecule has 144 valence electrons. The van der Waals surface area contributed by atoms with Gasteiger partial charge >= 0.3 is 5.97 Å². The van der Waals surface area contributed by atoms with Crippen LogP contribution in [0.1, 0.15) is 58.4 Å². The molecule has 0 atom stereocenters. The molecule has 1 N–H and O–H groups in total. The average Bonchev–Trinajstić information content (AvgIpc) is 3.08. The summed E-state index contributed by atoms with van der Waals surface area (Å²) in [7, 11) is 0. The number of carbonyl (C=O) groups excluding carboxylic acids is 1. The molecule has 3 rings (SSSR count). The molecule has 2 aliphatic rings. The summed E-state index contributed by atoms with van der Waals surface area (Å²) in [5.74, 6) is -0.189. The lowest BCUT2D eigenvalue weighted by Gasteiger charge is -2.34. The van der Waals surface area contributed by atoms with Gasteiger partial charge in [-0.3, -0.25) is 4.79 Å². The smallest absolute Gasteiger partial charge is 0.334 e. The molecule has 4 heteroatoms. The van der Waals surface area contributed by atoms with Gasteiger partial charge in [0.2, 0.25) is 5.91 Å². The van der Waals surface area contributed by atoms with Gasteiger partial charge in [-0.25, -0.2) is 4.79 Å². The van der Waals surface area contributed by atoms with Gasteiger partial charge in [0.25, 0.3) is 0 Å². The topological polar surface area (TPSA) is 57.6 Å². The van der Waals surface area contributed by atoms with E-state index in [0.717, 1.165) is 36.8 Å². The normalized spacial score (nSPS) is 22.7. The number of rotatable bonds is 5. The van der Waals surface area contributed by atoms with Crippen LogP contribution >= 0.6 is 0 Å². The lowest BCUT2D eigenvalue weighted by Crippen LogP contribution is -2.41. The third-order valence-electron chi connectivity index (χ3n) is 5.77. The fourth-order valence-electron chi connectivity index (χ4n) is 4.18. The van der Waals surface area contributed by atoms with Gasteiger partial charge in [-0.15, -0.1) is 0 Å². The molecule has 1 aromatic carbocycles. The van der Waals surface area contributed by atoms with Crippen LogP contribution in [0.4, 0.5) is 0 Å². The molecule has 27 heavy (non-hydrogen) atoms. The number of benzene rings is 1. The third kappa shape index (κ3) is 4.15. The summed E-state index contributed by atoms with van der Waals surface area (Å²) in [5, 5.41) is 9.78. The number of hydrogen-bond acceptors (Lipinski definition) is 2. The molecule has 0 aliphatic heterocycles. The fourth-order valence-corrected chi connectivity index (χ4v) is 4.18. The van der Waals surface area contributed by atoms with Crippen molar-refractivity contribution in [3.63, 3.8) is 0 Å². The number of amides is 1. The van der Waals surface area contributed by atoms with Gasteiger partial charge in [0, 0.05) is 18.4 Å². The first-order valence-corrected chi connectivity index (χ1v) is 9.94. The van der Waals surface area contributed by atoms with E-state index in [9.17, 15) is 14.7 Å². The first-order chi connectivity index (χ1) is 12.9. The van der Waals surface area contributed by atoms with E-state index < -0.39 is 5.97 Å². The Hall–Kier alpha value is -2.36. The minimum Gasteiger partial charge on any atom is -0.478 e. The van der Waals surface area contributed by atoms with Gasteiger partial charge in [-0.05, 0) is 62.7 Å². The Labute approximate surface area is 161 Å². The van der Waals surface area contributed by atoms with Crippen LogP contribution in [0.2, 0.25) is 0 Å². The minimum atomic E-state index is -0.942. The van der Waals surface area contributed by atoms with Gasteiger partial charge in [0.05, 0.1) is 11.3 Å². The molecule has 0 aromatic heterocycles. The van der Waals surface area contributed by atoms with Crippen molar-refractivity contribution in [3.05, 3.63) is 53.2 Å². The Morgan fingerprint density at radius 3 is 2.26 bits per heavy atom. The molecule has 2 aliphatic carbocycles. The number of nitrogens with zero attached hydrogens (tertiary/aromatic N) is 1. The zero-order chi connectivity index (χ0) is 19.6. The monoisotopic (exact) mass is 367 g/mol. The van der Waals surface area contributed by atoms with Gasteiger partial charge in [-0.2, -0.15) is 0 Å². The van der Waals surface area contributed by atoms with Crippen LogP contribution in [0, 0.1) is 11.8 Å². The van der Waals surface area contributed by atoms with Gasteiger partial charge < -0.3 is 10.0 Å². The molecule has 0 heterocycles. The van der Waals surface area contributed by atoms with Crippen LogP contribution in [0.3, 0.4) is 0 Å². The summed E-state index contributed by atoms with van der Waals surface area (Å²) in [6, 6.07) is 9.73. The highest BCUT2D eigenvalue weighted by atomic mass is 16.4. The number of carboxylic acid groups (broad SMARTS) is 1. The van der Waals surface area contributed by atoms with Crippen molar-refractivity contribution in [2.45, 2.75) is 58.9 Å². The molecular weight excluding hydrogens is 338 g/mol. The molecule has 0 saturated heterocycles. The quantitative estimate of drug-likeness (QED) is 0.807. The van der Waals surface area contributed by atoms with Crippen molar-refractivity contribution >= 4 is 17.4 Å². The summed E-state index contributed by atoms with van der Waals surface area (Å²) in [4.78, 5) is 27.0. The molecule has 1 fully saturated rings. The summed E-state index contributed by atoms with van der Waals surface area (Å²) in [5.41, 5.74) is 2.85. The van der Waals surface area contributed by atoms with Crippen LogP contribution in [0.15, 0.2) is 47.7 Å². The van der Waals surface area contributed by atoms with Gasteiger partial charge in [0.15, 0.2) is 0 Å². The van der Waals surface area contributed by atoms with Gasteiger partial charge in [-0.1, -0.05) is 37.3 Å². The zero-order valence-electron chi connectivity index (χ0n) is 16.4. The standard InChI is InChI=1S/C23H29NO3/c1-15(2)24(22(25)18-11-9-16(3)10-12-18)21-14-19(13-20(21)23(26)27)17-7-5-4-6-8-17/h4-8,14-16,18H,9-13H2,1-3H3,(H,26,27). The highest BCUT2D eigenvalue weighted by Gasteiger charge is 2.35. The second kappa shape index (κ2) is 8.12. The number of allylic oxidation sites excluding steroid dienone is 2. The molecule has 0 unspecified atom stereocenters. The van der Waals surface area contributed by atoms with Crippen molar-refractivity contribution in [1.82, 2.24) is 4.90 Å². The molecule has 0 spiro atoms. The zero-order valence-corrected chi connectivity index (χ0v) is 16.4. The minimum absolute atomic E-state index is 0.000296. The van der Waals surface area contributed by atoms with Crippen molar-refractivity contribution in [1.29, 1.82) is 0 Å². The third-order valence-corrected chi connectivity index (χ3v) is 5.77. The van der Waals surface area contributed by atoms with Crippen LogP contribution < -0.4 is 0 Å². The highest BCUT2D eigenvalue weighted by Crippen LogP contribution is 2.37. The molecule has 4 nitrogen and oxygen atoms in total. The number of carboxylic acids is 1. The van der Waals surface area contributed by atoms with E-state index in [4.69, 9.17) is 0 Å². The van der Waals surface area contributed by atoms with E-state index in [1.165, 1.54) is 0 Å². The van der Waals surface area contributed by atoms with E-state index in [0.29, 0.717) is 23.6 Å². The lowest BCUT2D eigenvalue weighted by atomic mass is 9.82. The van der Waals surface area contributed by atoms with Crippen LogP contribution in [0.5, 0.6) is 0 Å². The summed E-state index contributed by atoms with van der Waals surface area (Å²) >= 11 is 0.